The van der Waals surface area contributed by atoms with E-state index >= 15 is 0 Å². The highest BCUT2D eigenvalue weighted by Gasteiger charge is 2.05. The molecule has 0 heteroatoms. The third-order valence-corrected chi connectivity index (χ3v) is 3.12. The second-order valence-corrected chi connectivity index (χ2v) is 4.46. The molecule has 0 saturated heterocycles. The molecule has 0 unspecified atom stereocenters. The van der Waals surface area contributed by atoms with Gasteiger partial charge in [-0.3, -0.25) is 0 Å². The molecule has 0 nitrogen and oxygen atoms in total. The van der Waals surface area contributed by atoms with Gasteiger partial charge in [-0.2, -0.15) is 0 Å². The second-order valence-electron chi connectivity index (χ2n) is 4.46. The number of benzene rings is 1. The first kappa shape index (κ1) is 11.7. The molecule has 0 radical (unpaired) electrons. The summed E-state index contributed by atoms with van der Waals surface area (Å²) in [6.45, 7) is 2.21. The Labute approximate surface area is 104 Å². The fourth-order valence-corrected chi connectivity index (χ4v) is 2.17. The zero-order chi connectivity index (χ0) is 12.1. The van der Waals surface area contributed by atoms with E-state index in [1.165, 1.54) is 23.1 Å². The van der Waals surface area contributed by atoms with Crippen LogP contribution >= 0.6 is 0 Å². The summed E-state index contributed by atoms with van der Waals surface area (Å²) in [6.07, 6.45) is 14.3. The molecule has 0 amide bonds. The van der Waals surface area contributed by atoms with E-state index in [4.69, 9.17) is 6.42 Å². The quantitative estimate of drug-likeness (QED) is 0.666. The monoisotopic (exact) mass is 222 g/mol. The van der Waals surface area contributed by atoms with E-state index < -0.39 is 0 Å². The van der Waals surface area contributed by atoms with Crippen LogP contribution in [0.3, 0.4) is 0 Å². The Balaban J connectivity index is 2.21. The fourth-order valence-electron chi connectivity index (χ4n) is 2.17. The minimum absolute atomic E-state index is 1.01. The van der Waals surface area contributed by atoms with Crippen molar-refractivity contribution in [2.75, 3.05) is 0 Å². The van der Waals surface area contributed by atoms with Crippen LogP contribution in [-0.2, 0) is 6.42 Å². The molecule has 0 heterocycles. The lowest BCUT2D eigenvalue weighted by atomic mass is 9.94. The van der Waals surface area contributed by atoms with Gasteiger partial charge in [-0.25, -0.2) is 0 Å². The summed E-state index contributed by atoms with van der Waals surface area (Å²) < 4.78 is 0. The van der Waals surface area contributed by atoms with E-state index in [-0.39, 0.29) is 0 Å². The molecule has 0 bridgehead atoms. The lowest BCUT2D eigenvalue weighted by Gasteiger charge is -2.10. The SMILES string of the molecule is C#CC1=CC(c2ccc(CCC)cc2)=CCC1. The Morgan fingerprint density at radius 2 is 2.00 bits per heavy atom. The van der Waals surface area contributed by atoms with Crippen LogP contribution < -0.4 is 0 Å². The average Bonchev–Trinajstić information content (AvgIpc) is 2.40. The van der Waals surface area contributed by atoms with Gasteiger partial charge in [0.2, 0.25) is 0 Å². The van der Waals surface area contributed by atoms with Crippen LogP contribution in [-0.4, -0.2) is 0 Å². The highest BCUT2D eigenvalue weighted by Crippen LogP contribution is 2.25. The van der Waals surface area contributed by atoms with Crippen molar-refractivity contribution >= 4 is 5.57 Å². The van der Waals surface area contributed by atoms with Crippen molar-refractivity contribution in [2.45, 2.75) is 32.6 Å². The Bertz CT molecular complexity index is 478. The van der Waals surface area contributed by atoms with Gasteiger partial charge in [0.15, 0.2) is 0 Å². The molecule has 0 aromatic heterocycles. The minimum atomic E-state index is 1.01. The second kappa shape index (κ2) is 5.55. The molecule has 0 saturated carbocycles. The van der Waals surface area contributed by atoms with Crippen LogP contribution in [0.1, 0.15) is 37.3 Å². The molecule has 0 aliphatic heterocycles. The maximum Gasteiger partial charge on any atom is 0.00267 e. The molecule has 2 rings (SSSR count). The Morgan fingerprint density at radius 1 is 1.24 bits per heavy atom. The van der Waals surface area contributed by atoms with Gasteiger partial charge in [-0.15, -0.1) is 6.42 Å². The number of rotatable bonds is 3. The molecule has 1 aliphatic rings. The van der Waals surface area contributed by atoms with E-state index in [1.807, 2.05) is 0 Å². The zero-order valence-electron chi connectivity index (χ0n) is 10.4. The lowest BCUT2D eigenvalue weighted by molar-refractivity contribution is 0.921. The number of hydrogen-bond donors (Lipinski definition) is 0. The van der Waals surface area contributed by atoms with Crippen molar-refractivity contribution in [2.24, 2.45) is 0 Å². The van der Waals surface area contributed by atoms with Crippen molar-refractivity contribution in [3.8, 4) is 12.3 Å². The summed E-state index contributed by atoms with van der Waals surface area (Å²) in [5.74, 6) is 2.76. The summed E-state index contributed by atoms with van der Waals surface area (Å²) in [4.78, 5) is 0. The molecule has 1 aromatic carbocycles. The normalized spacial score (nSPS) is 14.8. The smallest absolute Gasteiger partial charge is 0.00267 e. The van der Waals surface area contributed by atoms with E-state index in [0.29, 0.717) is 0 Å². The maximum absolute atomic E-state index is 5.46. The van der Waals surface area contributed by atoms with Gasteiger partial charge >= 0.3 is 0 Å². The molecule has 0 spiro atoms. The Hall–Kier alpha value is -1.74. The van der Waals surface area contributed by atoms with Gasteiger partial charge in [-0.1, -0.05) is 49.6 Å². The van der Waals surface area contributed by atoms with Crippen LogP contribution in [0, 0.1) is 12.3 Å². The van der Waals surface area contributed by atoms with Gasteiger partial charge in [0.05, 0.1) is 0 Å². The highest BCUT2D eigenvalue weighted by molar-refractivity contribution is 5.76. The van der Waals surface area contributed by atoms with Crippen LogP contribution in [0.15, 0.2) is 42.0 Å². The van der Waals surface area contributed by atoms with Crippen molar-refractivity contribution in [3.63, 3.8) is 0 Å². The third kappa shape index (κ3) is 2.88. The first-order valence-corrected chi connectivity index (χ1v) is 6.30. The first-order chi connectivity index (χ1) is 8.33. The third-order valence-electron chi connectivity index (χ3n) is 3.12. The van der Waals surface area contributed by atoms with E-state index in [2.05, 4.69) is 49.3 Å². The summed E-state index contributed by atoms with van der Waals surface area (Å²) in [5.41, 5.74) is 5.07. The van der Waals surface area contributed by atoms with Crippen molar-refractivity contribution in [1.82, 2.24) is 0 Å². The number of allylic oxidation sites excluding steroid dienone is 4. The molecule has 0 fully saturated rings. The molecule has 1 aliphatic carbocycles. The molecule has 0 N–H and O–H groups in total. The van der Waals surface area contributed by atoms with Gasteiger partial charge in [0.25, 0.3) is 0 Å². The highest BCUT2D eigenvalue weighted by atomic mass is 14.1. The predicted octanol–water partition coefficient (Wildman–Crippen LogP) is 4.38. The Morgan fingerprint density at radius 3 is 2.65 bits per heavy atom. The van der Waals surface area contributed by atoms with Gasteiger partial charge in [0, 0.05) is 5.57 Å². The molecule has 17 heavy (non-hydrogen) atoms. The average molecular weight is 222 g/mol. The molecule has 86 valence electrons. The van der Waals surface area contributed by atoms with Crippen LogP contribution in [0.5, 0.6) is 0 Å². The molecular weight excluding hydrogens is 204 g/mol. The van der Waals surface area contributed by atoms with E-state index in [0.717, 1.165) is 24.8 Å². The fraction of sp³-hybridized carbons (Fsp3) is 0.294. The summed E-state index contributed by atoms with van der Waals surface area (Å²) in [7, 11) is 0. The van der Waals surface area contributed by atoms with Gasteiger partial charge in [-0.05, 0) is 42.0 Å². The van der Waals surface area contributed by atoms with E-state index in [1.54, 1.807) is 0 Å². The molecular formula is C17H18. The molecule has 0 atom stereocenters. The number of hydrogen-bond acceptors (Lipinski definition) is 0. The van der Waals surface area contributed by atoms with Crippen LogP contribution in [0.4, 0.5) is 0 Å². The van der Waals surface area contributed by atoms with Crippen molar-refractivity contribution in [1.29, 1.82) is 0 Å². The summed E-state index contributed by atoms with van der Waals surface area (Å²) in [6, 6.07) is 8.84. The van der Waals surface area contributed by atoms with E-state index in [9.17, 15) is 0 Å². The standard InChI is InChI=1S/C17H18/c1-3-6-15-9-11-16(12-10-15)17-8-5-7-14(4-2)13-17/h2,8-13H,3,5-7H2,1H3. The van der Waals surface area contributed by atoms with Crippen molar-refractivity contribution < 1.29 is 0 Å². The van der Waals surface area contributed by atoms with Gasteiger partial charge in [0.1, 0.15) is 0 Å². The maximum atomic E-state index is 5.46. The zero-order valence-corrected chi connectivity index (χ0v) is 10.4. The summed E-state index contributed by atoms with van der Waals surface area (Å²) in [5, 5.41) is 0. The number of aryl methyl sites for hydroxylation is 1. The number of terminal acetylenes is 1. The Kier molecular flexibility index (Phi) is 3.83. The van der Waals surface area contributed by atoms with Gasteiger partial charge < -0.3 is 0 Å². The first-order valence-electron chi connectivity index (χ1n) is 6.30. The van der Waals surface area contributed by atoms with Crippen molar-refractivity contribution in [3.05, 3.63) is 53.1 Å². The lowest BCUT2D eigenvalue weighted by Crippen LogP contribution is -1.91. The predicted molar refractivity (Wildman–Crippen MR) is 74.6 cm³/mol. The topological polar surface area (TPSA) is 0 Å². The summed E-state index contributed by atoms with van der Waals surface area (Å²) >= 11 is 0. The van der Waals surface area contributed by atoms with Crippen LogP contribution in [0.25, 0.3) is 5.57 Å². The molecule has 1 aromatic rings. The minimum Gasteiger partial charge on any atom is -0.115 e. The van der Waals surface area contributed by atoms with Crippen LogP contribution in [0.2, 0.25) is 0 Å². The largest absolute Gasteiger partial charge is 0.115 e.